The molecule has 0 aliphatic rings. The van der Waals surface area contributed by atoms with E-state index in [1.165, 1.54) is 24.5 Å². The maximum atomic E-state index is 12.7. The van der Waals surface area contributed by atoms with Gasteiger partial charge in [0.15, 0.2) is 0 Å². The monoisotopic (exact) mass is 310 g/mol. The van der Waals surface area contributed by atoms with Gasteiger partial charge >= 0.3 is 0 Å². The zero-order valence-corrected chi connectivity index (χ0v) is 10.6. The fraction of sp³-hybridized carbons (Fsp3) is 0. The molecule has 5 nitrogen and oxygen atoms in total. The lowest BCUT2D eigenvalue weighted by atomic mass is 10.2. The van der Waals surface area contributed by atoms with E-state index in [-0.39, 0.29) is 11.4 Å². The molecule has 92 valence electrons. The molecule has 0 aliphatic carbocycles. The molecule has 2 aromatic rings. The molecular formula is C11H8BrFN4O. The number of hydrazone groups is 1. The molecule has 2 N–H and O–H groups in total. The number of benzene rings is 1. The van der Waals surface area contributed by atoms with E-state index in [1.807, 2.05) is 0 Å². The second-order valence-corrected chi connectivity index (χ2v) is 4.14. The molecule has 0 fully saturated rings. The van der Waals surface area contributed by atoms with Crippen LogP contribution in [0.4, 0.5) is 10.1 Å². The number of halogens is 2. The Bertz CT molecular complexity index is 624. The molecular weight excluding hydrogens is 303 g/mol. The highest BCUT2D eigenvalue weighted by atomic mass is 79.9. The SMILES string of the molecule is O=c1[nH]ncc(N/N=C\c2ccc(F)cc2)c1Br. The average Bonchev–Trinajstić information content (AvgIpc) is 2.37. The topological polar surface area (TPSA) is 70.1 Å². The number of rotatable bonds is 3. The Labute approximate surface area is 110 Å². The van der Waals surface area contributed by atoms with Crippen molar-refractivity contribution in [3.05, 3.63) is 56.7 Å². The Morgan fingerprint density at radius 3 is 2.83 bits per heavy atom. The Hall–Kier alpha value is -2.02. The normalized spacial score (nSPS) is 10.8. The second kappa shape index (κ2) is 5.54. The van der Waals surface area contributed by atoms with Gasteiger partial charge in [-0.25, -0.2) is 9.49 Å². The van der Waals surface area contributed by atoms with Crippen molar-refractivity contribution in [1.29, 1.82) is 0 Å². The molecule has 7 heteroatoms. The average molecular weight is 311 g/mol. The zero-order valence-electron chi connectivity index (χ0n) is 9.02. The number of hydrogen-bond acceptors (Lipinski definition) is 4. The van der Waals surface area contributed by atoms with Crippen LogP contribution in [0.2, 0.25) is 0 Å². The first-order valence-electron chi connectivity index (χ1n) is 4.94. The van der Waals surface area contributed by atoms with Crippen LogP contribution < -0.4 is 11.0 Å². The van der Waals surface area contributed by atoms with Gasteiger partial charge in [-0.1, -0.05) is 12.1 Å². The molecule has 18 heavy (non-hydrogen) atoms. The molecule has 0 saturated carbocycles. The molecule has 0 spiro atoms. The quantitative estimate of drug-likeness (QED) is 0.674. The van der Waals surface area contributed by atoms with E-state index in [1.54, 1.807) is 12.1 Å². The van der Waals surface area contributed by atoms with Crippen LogP contribution in [0.15, 0.2) is 44.8 Å². The van der Waals surface area contributed by atoms with Gasteiger partial charge in [0.1, 0.15) is 10.3 Å². The van der Waals surface area contributed by atoms with Gasteiger partial charge in [0, 0.05) is 0 Å². The lowest BCUT2D eigenvalue weighted by molar-refractivity contribution is 0.628. The van der Waals surface area contributed by atoms with Crippen LogP contribution in [0, 0.1) is 5.82 Å². The predicted molar refractivity (Wildman–Crippen MR) is 70.2 cm³/mol. The molecule has 1 aromatic carbocycles. The van der Waals surface area contributed by atoms with Crippen LogP contribution in [-0.2, 0) is 0 Å². The molecule has 0 aliphatic heterocycles. The van der Waals surface area contributed by atoms with Gasteiger partial charge in [-0.3, -0.25) is 10.2 Å². The highest BCUT2D eigenvalue weighted by molar-refractivity contribution is 9.10. The van der Waals surface area contributed by atoms with Crippen LogP contribution >= 0.6 is 15.9 Å². The van der Waals surface area contributed by atoms with E-state index >= 15 is 0 Å². The summed E-state index contributed by atoms with van der Waals surface area (Å²) in [6, 6.07) is 5.86. The molecule has 2 rings (SSSR count). The maximum absolute atomic E-state index is 12.7. The molecule has 0 radical (unpaired) electrons. The minimum atomic E-state index is -0.350. The van der Waals surface area contributed by atoms with Crippen molar-refractivity contribution in [1.82, 2.24) is 10.2 Å². The Morgan fingerprint density at radius 1 is 1.39 bits per heavy atom. The van der Waals surface area contributed by atoms with Crippen molar-refractivity contribution in [2.75, 3.05) is 5.43 Å². The third-order valence-corrected chi connectivity index (χ3v) is 2.85. The van der Waals surface area contributed by atoms with Crippen molar-refractivity contribution in [2.45, 2.75) is 0 Å². The summed E-state index contributed by atoms with van der Waals surface area (Å²) in [7, 11) is 0. The number of nitrogens with zero attached hydrogens (tertiary/aromatic N) is 2. The fourth-order valence-corrected chi connectivity index (χ4v) is 1.47. The largest absolute Gasteiger partial charge is 0.280 e. The second-order valence-electron chi connectivity index (χ2n) is 3.35. The van der Waals surface area contributed by atoms with Gasteiger partial charge in [-0.2, -0.15) is 10.2 Å². The summed E-state index contributed by atoms with van der Waals surface area (Å²) in [6.45, 7) is 0. The summed E-state index contributed by atoms with van der Waals surface area (Å²) in [5.74, 6) is -0.304. The van der Waals surface area contributed by atoms with Crippen LogP contribution in [0.1, 0.15) is 5.56 Å². The molecule has 1 aromatic heterocycles. The van der Waals surface area contributed by atoms with E-state index in [0.29, 0.717) is 10.2 Å². The summed E-state index contributed by atoms with van der Waals surface area (Å²) in [5.41, 5.74) is 3.49. The molecule has 0 unspecified atom stereocenters. The van der Waals surface area contributed by atoms with Crippen molar-refractivity contribution in [3.63, 3.8) is 0 Å². The highest BCUT2D eigenvalue weighted by Gasteiger charge is 2.02. The van der Waals surface area contributed by atoms with Crippen LogP contribution in [0.3, 0.4) is 0 Å². The van der Waals surface area contributed by atoms with E-state index in [2.05, 4.69) is 36.7 Å². The third kappa shape index (κ3) is 3.01. The number of aromatic nitrogens is 2. The van der Waals surface area contributed by atoms with Crippen molar-refractivity contribution >= 4 is 27.8 Å². The summed E-state index contributed by atoms with van der Waals surface area (Å²) < 4.78 is 13.0. The highest BCUT2D eigenvalue weighted by Crippen LogP contribution is 2.14. The fourth-order valence-electron chi connectivity index (χ4n) is 1.19. The van der Waals surface area contributed by atoms with E-state index in [9.17, 15) is 9.18 Å². The number of nitrogens with one attached hydrogen (secondary N) is 2. The first-order valence-corrected chi connectivity index (χ1v) is 5.74. The minimum absolute atomic E-state index is 0.304. The van der Waals surface area contributed by atoms with Crippen molar-refractivity contribution in [3.8, 4) is 0 Å². The minimum Gasteiger partial charge on any atom is -0.275 e. The zero-order chi connectivity index (χ0) is 13.0. The van der Waals surface area contributed by atoms with Crippen LogP contribution in [0.25, 0.3) is 0 Å². The van der Waals surface area contributed by atoms with Crippen LogP contribution in [0.5, 0.6) is 0 Å². The summed E-state index contributed by atoms with van der Waals surface area (Å²) in [6.07, 6.45) is 2.93. The lowest BCUT2D eigenvalue weighted by Crippen LogP contribution is -2.10. The van der Waals surface area contributed by atoms with E-state index in [0.717, 1.165) is 5.56 Å². The number of aromatic amines is 1. The summed E-state index contributed by atoms with van der Waals surface area (Å²) in [4.78, 5) is 11.2. The first kappa shape index (κ1) is 12.4. The summed E-state index contributed by atoms with van der Waals surface area (Å²) in [5, 5.41) is 9.82. The van der Waals surface area contributed by atoms with E-state index in [4.69, 9.17) is 0 Å². The van der Waals surface area contributed by atoms with Gasteiger partial charge in [0.05, 0.1) is 18.1 Å². The molecule has 0 saturated heterocycles. The Kier molecular flexibility index (Phi) is 3.83. The van der Waals surface area contributed by atoms with Gasteiger partial charge in [-0.05, 0) is 33.6 Å². The summed E-state index contributed by atoms with van der Waals surface area (Å²) >= 11 is 3.11. The van der Waals surface area contributed by atoms with Crippen molar-refractivity contribution < 1.29 is 4.39 Å². The predicted octanol–water partition coefficient (Wildman–Crippen LogP) is 2.12. The lowest BCUT2D eigenvalue weighted by Gasteiger charge is -2.00. The van der Waals surface area contributed by atoms with E-state index < -0.39 is 0 Å². The van der Waals surface area contributed by atoms with Gasteiger partial charge in [0.25, 0.3) is 5.56 Å². The number of H-pyrrole nitrogens is 1. The molecule has 0 amide bonds. The van der Waals surface area contributed by atoms with Crippen molar-refractivity contribution in [2.24, 2.45) is 5.10 Å². The third-order valence-electron chi connectivity index (χ3n) is 2.06. The van der Waals surface area contributed by atoms with Gasteiger partial charge < -0.3 is 0 Å². The molecule has 0 atom stereocenters. The van der Waals surface area contributed by atoms with Gasteiger partial charge in [0.2, 0.25) is 0 Å². The molecule has 0 bridgehead atoms. The first-order chi connectivity index (χ1) is 8.66. The molecule has 1 heterocycles. The maximum Gasteiger partial charge on any atom is 0.280 e. The smallest absolute Gasteiger partial charge is 0.275 e. The Morgan fingerprint density at radius 2 is 2.11 bits per heavy atom. The standard InChI is InChI=1S/C11H8BrFN4O/c12-10-9(6-15-17-11(10)18)16-14-5-7-1-3-8(13)4-2-7/h1-6H,(H2,16,17,18)/b14-5-. The van der Waals surface area contributed by atoms with Crippen LogP contribution in [-0.4, -0.2) is 16.4 Å². The number of hydrogen-bond donors (Lipinski definition) is 2. The number of anilines is 1. The Balaban J connectivity index is 2.09. The van der Waals surface area contributed by atoms with Gasteiger partial charge in [-0.15, -0.1) is 0 Å².